The van der Waals surface area contributed by atoms with E-state index in [4.69, 9.17) is 4.42 Å². The number of carbonyl (C=O) groups is 1. The zero-order valence-corrected chi connectivity index (χ0v) is 11.7. The normalized spacial score (nSPS) is 26.9. The molecule has 2 rings (SSSR count). The van der Waals surface area contributed by atoms with Crippen molar-refractivity contribution in [2.24, 2.45) is 10.5 Å². The highest BCUT2D eigenvalue weighted by Gasteiger charge is 2.66. The molecule has 1 aliphatic carbocycles. The average Bonchev–Trinajstić information content (AvgIpc) is 2.64. The highest BCUT2D eigenvalue weighted by atomic mass is 79.9. The maximum absolute atomic E-state index is 11.8. The Labute approximate surface area is 110 Å². The first-order valence-electron chi connectivity index (χ1n) is 4.70. The summed E-state index contributed by atoms with van der Waals surface area (Å²) in [5.41, 5.74) is 2.04. The number of hydrogen-bond acceptors (Lipinski definition) is 3. The molecule has 4 nitrogen and oxygen atoms in total. The van der Waals surface area contributed by atoms with Crippen LogP contribution in [0.25, 0.3) is 0 Å². The molecule has 6 heteroatoms. The van der Waals surface area contributed by atoms with Gasteiger partial charge >= 0.3 is 0 Å². The van der Waals surface area contributed by atoms with Gasteiger partial charge in [0.1, 0.15) is 5.76 Å². The molecule has 1 heterocycles. The molecule has 1 fully saturated rings. The molecule has 1 saturated carbocycles. The lowest BCUT2D eigenvalue weighted by molar-refractivity contribution is -0.125. The fraction of sp³-hybridized carbons (Fsp3) is 0.400. The topological polar surface area (TPSA) is 54.6 Å². The first-order valence-corrected chi connectivity index (χ1v) is 6.29. The molecule has 0 aliphatic heterocycles. The van der Waals surface area contributed by atoms with E-state index >= 15 is 0 Å². The summed E-state index contributed by atoms with van der Waals surface area (Å²) in [7, 11) is 0. The monoisotopic (exact) mass is 348 g/mol. The van der Waals surface area contributed by atoms with Crippen LogP contribution in [0.4, 0.5) is 0 Å². The van der Waals surface area contributed by atoms with Crippen LogP contribution in [0, 0.1) is 5.41 Å². The molecule has 1 N–H and O–H groups in total. The van der Waals surface area contributed by atoms with Gasteiger partial charge in [0.2, 0.25) is 5.91 Å². The predicted octanol–water partition coefficient (Wildman–Crippen LogP) is 2.63. The Morgan fingerprint density at radius 3 is 2.88 bits per heavy atom. The van der Waals surface area contributed by atoms with E-state index in [0.29, 0.717) is 5.76 Å². The van der Waals surface area contributed by atoms with E-state index in [1.54, 1.807) is 18.4 Å². The largest absolute Gasteiger partial charge is 0.463 e. The van der Waals surface area contributed by atoms with Gasteiger partial charge < -0.3 is 4.42 Å². The Kier molecular flexibility index (Phi) is 2.96. The number of amides is 1. The molecule has 0 aromatic carbocycles. The summed E-state index contributed by atoms with van der Waals surface area (Å²) < 4.78 is 4.74. The Bertz CT molecular complexity index is 428. The minimum Gasteiger partial charge on any atom is -0.463 e. The molecule has 0 saturated heterocycles. The van der Waals surface area contributed by atoms with Gasteiger partial charge in [0.05, 0.1) is 21.1 Å². The third kappa shape index (κ3) is 2.08. The molecular formula is C10H10Br2N2O2. The zero-order chi connectivity index (χ0) is 11.8. The minimum absolute atomic E-state index is 0.121. The second kappa shape index (κ2) is 4.00. The fourth-order valence-corrected chi connectivity index (χ4v) is 2.77. The van der Waals surface area contributed by atoms with Gasteiger partial charge in [0.15, 0.2) is 0 Å². The fourth-order valence-electron chi connectivity index (χ4n) is 1.29. The van der Waals surface area contributed by atoms with Crippen molar-refractivity contribution in [2.75, 3.05) is 0 Å². The Morgan fingerprint density at radius 2 is 2.38 bits per heavy atom. The van der Waals surface area contributed by atoms with Crippen LogP contribution in [0.2, 0.25) is 0 Å². The molecule has 0 bridgehead atoms. The third-order valence-electron chi connectivity index (χ3n) is 2.66. The Balaban J connectivity index is 1.90. The lowest BCUT2D eigenvalue weighted by Gasteiger charge is -2.09. The number of rotatable bonds is 3. The summed E-state index contributed by atoms with van der Waals surface area (Å²) >= 11 is 6.85. The Hall–Kier alpha value is -0.620. The van der Waals surface area contributed by atoms with Crippen LogP contribution in [0.1, 0.15) is 19.1 Å². The number of nitrogens with zero attached hydrogens (tertiary/aromatic N) is 1. The highest BCUT2D eigenvalue weighted by molar-refractivity contribution is 9.25. The van der Waals surface area contributed by atoms with Crippen molar-refractivity contribution in [1.82, 2.24) is 5.43 Å². The standard InChI is InChI=1S/C10H10Br2N2O2/c1-9(6-10(9,11)12)8(15)14-13-5-7-3-2-4-16-7/h2-5H,6H2,1H3,(H,14,15)/b13-5+. The summed E-state index contributed by atoms with van der Waals surface area (Å²) in [6.45, 7) is 1.87. The lowest BCUT2D eigenvalue weighted by atomic mass is 10.1. The van der Waals surface area contributed by atoms with Crippen LogP contribution >= 0.6 is 31.9 Å². The molecule has 1 amide bonds. The summed E-state index contributed by atoms with van der Waals surface area (Å²) in [6, 6.07) is 3.52. The van der Waals surface area contributed by atoms with E-state index in [0.717, 1.165) is 6.42 Å². The average molecular weight is 350 g/mol. The summed E-state index contributed by atoms with van der Waals surface area (Å²) in [5.74, 6) is 0.481. The van der Waals surface area contributed by atoms with Crippen LogP contribution in [0.3, 0.4) is 0 Å². The van der Waals surface area contributed by atoms with Gasteiger partial charge in [0.25, 0.3) is 0 Å². The van der Waals surface area contributed by atoms with Crippen molar-refractivity contribution in [1.29, 1.82) is 0 Å². The van der Waals surface area contributed by atoms with E-state index in [1.807, 2.05) is 6.92 Å². The molecule has 1 unspecified atom stereocenters. The first-order chi connectivity index (χ1) is 7.46. The number of hydrogen-bond donors (Lipinski definition) is 1. The molecular weight excluding hydrogens is 340 g/mol. The SMILES string of the molecule is CC1(C(=O)N/N=C/c2ccco2)CC1(Br)Br. The smallest absolute Gasteiger partial charge is 0.248 e. The highest BCUT2D eigenvalue weighted by Crippen LogP contribution is 2.66. The van der Waals surface area contributed by atoms with Crippen molar-refractivity contribution in [3.05, 3.63) is 24.2 Å². The predicted molar refractivity (Wildman–Crippen MR) is 67.8 cm³/mol. The van der Waals surface area contributed by atoms with Gasteiger partial charge in [-0.1, -0.05) is 31.9 Å². The van der Waals surface area contributed by atoms with Crippen LogP contribution < -0.4 is 5.43 Å². The number of nitrogens with one attached hydrogen (secondary N) is 1. The first kappa shape index (κ1) is 11.9. The molecule has 1 aliphatic rings. The van der Waals surface area contributed by atoms with Gasteiger partial charge in [-0.05, 0) is 25.5 Å². The van der Waals surface area contributed by atoms with E-state index in [9.17, 15) is 4.79 Å². The second-order valence-corrected chi connectivity index (χ2v) is 7.70. The lowest BCUT2D eigenvalue weighted by Crippen LogP contribution is -2.29. The third-order valence-corrected chi connectivity index (χ3v) is 4.97. The van der Waals surface area contributed by atoms with Crippen LogP contribution in [0.15, 0.2) is 27.9 Å². The second-order valence-electron chi connectivity index (χ2n) is 3.93. The summed E-state index contributed by atoms with van der Waals surface area (Å²) in [4.78, 5) is 11.8. The number of alkyl halides is 2. The molecule has 1 aromatic rings. The minimum atomic E-state index is -0.451. The summed E-state index contributed by atoms with van der Waals surface area (Å²) in [5, 5.41) is 3.83. The van der Waals surface area contributed by atoms with Gasteiger partial charge in [-0.15, -0.1) is 0 Å². The van der Waals surface area contributed by atoms with E-state index in [2.05, 4.69) is 42.4 Å². The quantitative estimate of drug-likeness (QED) is 0.518. The maximum atomic E-state index is 11.8. The number of halogens is 2. The van der Waals surface area contributed by atoms with E-state index in [-0.39, 0.29) is 9.14 Å². The van der Waals surface area contributed by atoms with Crippen molar-refractivity contribution < 1.29 is 9.21 Å². The van der Waals surface area contributed by atoms with Gasteiger partial charge in [-0.25, -0.2) is 5.43 Å². The Morgan fingerprint density at radius 1 is 1.69 bits per heavy atom. The molecule has 0 radical (unpaired) electrons. The van der Waals surface area contributed by atoms with E-state index < -0.39 is 5.41 Å². The van der Waals surface area contributed by atoms with Crippen molar-refractivity contribution in [3.63, 3.8) is 0 Å². The molecule has 1 atom stereocenters. The van der Waals surface area contributed by atoms with Crippen LogP contribution in [-0.4, -0.2) is 15.4 Å². The van der Waals surface area contributed by atoms with Crippen LogP contribution in [0.5, 0.6) is 0 Å². The number of hydrazone groups is 1. The number of furan rings is 1. The van der Waals surface area contributed by atoms with Gasteiger partial charge in [0, 0.05) is 0 Å². The maximum Gasteiger partial charge on any atom is 0.248 e. The summed E-state index contributed by atoms with van der Waals surface area (Å²) in [6.07, 6.45) is 3.75. The van der Waals surface area contributed by atoms with Crippen molar-refractivity contribution >= 4 is 44.0 Å². The molecule has 1 aromatic heterocycles. The zero-order valence-electron chi connectivity index (χ0n) is 8.54. The van der Waals surface area contributed by atoms with Gasteiger partial charge in [-0.2, -0.15) is 5.10 Å². The molecule has 0 spiro atoms. The van der Waals surface area contributed by atoms with Crippen LogP contribution in [-0.2, 0) is 4.79 Å². The van der Waals surface area contributed by atoms with Crippen molar-refractivity contribution in [2.45, 2.75) is 16.6 Å². The number of carbonyl (C=O) groups excluding carboxylic acids is 1. The van der Waals surface area contributed by atoms with Crippen molar-refractivity contribution in [3.8, 4) is 0 Å². The molecule has 16 heavy (non-hydrogen) atoms. The van der Waals surface area contributed by atoms with E-state index in [1.165, 1.54) is 6.21 Å². The van der Waals surface area contributed by atoms with Gasteiger partial charge in [-0.3, -0.25) is 4.79 Å². The molecule has 86 valence electrons.